The van der Waals surface area contributed by atoms with Crippen molar-refractivity contribution < 1.29 is 4.74 Å². The third-order valence-electron chi connectivity index (χ3n) is 9.30. The van der Waals surface area contributed by atoms with E-state index in [1.54, 1.807) is 7.11 Å². The van der Waals surface area contributed by atoms with E-state index < -0.39 is 8.24 Å². The lowest BCUT2D eigenvalue weighted by Gasteiger charge is -2.48. The van der Waals surface area contributed by atoms with Crippen LogP contribution in [0.1, 0.15) is 18.9 Å². The average molecular weight is 483 g/mol. The van der Waals surface area contributed by atoms with Crippen molar-refractivity contribution >= 4 is 13.8 Å². The molecule has 1 aromatic rings. The second-order valence-electron chi connectivity index (χ2n) is 11.2. The zero-order chi connectivity index (χ0) is 24.2. The standard InChI is InChI=1S/C31H38N2OSi/c1-5-29-32-30-23(21-17-19-22(34-2)20-18-21)15-10-16-28(30)33(29)35(3,4)31-26-13-8-6-11-24(26)25-12-7-9-14-27(25)31/h6-20,24-32H,5H2,1-4H3/t24?,25?,26?,27?,28-,29+,30?,31?/m1/s1. The van der Waals surface area contributed by atoms with Gasteiger partial charge in [-0.2, -0.15) is 0 Å². The van der Waals surface area contributed by atoms with Crippen LogP contribution in [0.4, 0.5) is 0 Å². The van der Waals surface area contributed by atoms with E-state index in [-0.39, 0.29) is 0 Å². The van der Waals surface area contributed by atoms with Crippen molar-refractivity contribution in [1.29, 1.82) is 0 Å². The third kappa shape index (κ3) is 3.61. The lowest BCUT2D eigenvalue weighted by Crippen LogP contribution is -2.60. The molecule has 0 amide bonds. The SMILES string of the molecule is CC[C@H]1NC2C(c3ccc(OC)cc3)=CC=C[C@H]2N1[Si](C)(C)C1C2C=CC=CC2C2C=CC=CC21. The number of allylic oxidation sites excluding steroid dienone is 10. The van der Waals surface area contributed by atoms with Gasteiger partial charge in [0, 0.05) is 6.04 Å². The smallest absolute Gasteiger partial charge is 0.129 e. The molecule has 1 aromatic carbocycles. The Balaban J connectivity index is 1.36. The summed E-state index contributed by atoms with van der Waals surface area (Å²) in [6.45, 7) is 7.66. The predicted octanol–water partition coefficient (Wildman–Crippen LogP) is 6.33. The Bertz CT molecular complexity index is 1110. The molecular formula is C31H38N2OSi. The highest BCUT2D eigenvalue weighted by Gasteiger charge is 2.59. The summed E-state index contributed by atoms with van der Waals surface area (Å²) >= 11 is 0. The predicted molar refractivity (Wildman–Crippen MR) is 148 cm³/mol. The average Bonchev–Trinajstić information content (AvgIpc) is 3.45. The molecule has 1 heterocycles. The summed E-state index contributed by atoms with van der Waals surface area (Å²) in [6.07, 6.45) is 27.8. The second-order valence-corrected chi connectivity index (χ2v) is 15.7. The minimum absolute atomic E-state index is 0.321. The van der Waals surface area contributed by atoms with E-state index in [2.05, 4.69) is 121 Å². The van der Waals surface area contributed by atoms with Gasteiger partial charge in [-0.05, 0) is 58.9 Å². The molecule has 0 aromatic heterocycles. The maximum absolute atomic E-state index is 5.41. The number of ether oxygens (including phenoxy) is 1. The Morgan fingerprint density at radius 1 is 0.829 bits per heavy atom. The fourth-order valence-corrected chi connectivity index (χ4v) is 12.9. The van der Waals surface area contributed by atoms with Gasteiger partial charge in [0.2, 0.25) is 0 Å². The maximum atomic E-state index is 5.41. The van der Waals surface area contributed by atoms with E-state index in [0.717, 1.165) is 12.2 Å². The molecule has 3 nitrogen and oxygen atoms in total. The van der Waals surface area contributed by atoms with Crippen LogP contribution >= 0.6 is 0 Å². The van der Waals surface area contributed by atoms with Crippen molar-refractivity contribution in [2.45, 2.75) is 50.2 Å². The Labute approximate surface area is 211 Å². The van der Waals surface area contributed by atoms with Gasteiger partial charge in [0.15, 0.2) is 0 Å². The molecule has 1 saturated carbocycles. The third-order valence-corrected chi connectivity index (χ3v) is 13.6. The Morgan fingerprint density at radius 3 is 2.00 bits per heavy atom. The van der Waals surface area contributed by atoms with Crippen LogP contribution in [0.2, 0.25) is 18.6 Å². The number of rotatable bonds is 5. The number of fused-ring (bicyclic) bond motifs is 4. The molecule has 0 bridgehead atoms. The van der Waals surface area contributed by atoms with Crippen LogP contribution in [0.3, 0.4) is 0 Å². The largest absolute Gasteiger partial charge is 0.497 e. The minimum atomic E-state index is -1.89. The molecule has 182 valence electrons. The number of nitrogens with zero attached hydrogens (tertiary/aromatic N) is 1. The summed E-state index contributed by atoms with van der Waals surface area (Å²) in [6, 6.07) is 9.29. The van der Waals surface area contributed by atoms with E-state index in [1.807, 2.05) is 0 Å². The fraction of sp³-hybridized carbons (Fsp3) is 0.419. The molecule has 6 rings (SSSR count). The molecule has 4 heteroatoms. The molecule has 1 aliphatic heterocycles. The molecule has 4 aliphatic carbocycles. The summed E-state index contributed by atoms with van der Waals surface area (Å²) in [5.41, 5.74) is 3.38. The van der Waals surface area contributed by atoms with Gasteiger partial charge in [0.1, 0.15) is 14.0 Å². The van der Waals surface area contributed by atoms with Crippen molar-refractivity contribution in [3.8, 4) is 5.75 Å². The number of hydrogen-bond acceptors (Lipinski definition) is 3. The fourth-order valence-electron chi connectivity index (χ4n) is 7.91. The first-order valence-corrected chi connectivity index (χ1v) is 16.3. The molecule has 5 aliphatic rings. The van der Waals surface area contributed by atoms with Gasteiger partial charge in [0.25, 0.3) is 0 Å². The summed E-state index contributed by atoms with van der Waals surface area (Å²) in [5.74, 6) is 3.43. The van der Waals surface area contributed by atoms with Crippen LogP contribution in [-0.4, -0.2) is 38.2 Å². The molecule has 5 unspecified atom stereocenters. The van der Waals surface area contributed by atoms with Gasteiger partial charge < -0.3 is 9.30 Å². The van der Waals surface area contributed by atoms with E-state index in [4.69, 9.17) is 4.74 Å². The van der Waals surface area contributed by atoms with Gasteiger partial charge in [-0.15, -0.1) is 0 Å². The topological polar surface area (TPSA) is 24.5 Å². The molecule has 1 N–H and O–H groups in total. The second kappa shape index (κ2) is 8.92. The van der Waals surface area contributed by atoms with Crippen molar-refractivity contribution in [1.82, 2.24) is 9.88 Å². The highest BCUT2D eigenvalue weighted by Crippen LogP contribution is 2.59. The minimum Gasteiger partial charge on any atom is -0.497 e. The van der Waals surface area contributed by atoms with Crippen LogP contribution in [-0.2, 0) is 0 Å². The molecule has 2 fully saturated rings. The number of methoxy groups -OCH3 is 1. The molecular weight excluding hydrogens is 444 g/mol. The molecule has 0 radical (unpaired) electrons. The van der Waals surface area contributed by atoms with E-state index >= 15 is 0 Å². The van der Waals surface area contributed by atoms with Crippen molar-refractivity contribution in [2.24, 2.45) is 23.7 Å². The van der Waals surface area contributed by atoms with Gasteiger partial charge in [-0.3, -0.25) is 5.32 Å². The lowest BCUT2D eigenvalue weighted by molar-refractivity contribution is 0.312. The summed E-state index contributed by atoms with van der Waals surface area (Å²) in [7, 11) is -0.158. The molecule has 35 heavy (non-hydrogen) atoms. The zero-order valence-corrected chi connectivity index (χ0v) is 22.3. The molecule has 0 spiro atoms. The van der Waals surface area contributed by atoms with Crippen LogP contribution in [0.25, 0.3) is 5.57 Å². The number of benzene rings is 1. The highest BCUT2D eigenvalue weighted by molar-refractivity contribution is 6.76. The summed E-state index contributed by atoms with van der Waals surface area (Å²) in [5, 5.41) is 4.09. The van der Waals surface area contributed by atoms with Crippen LogP contribution in [0, 0.1) is 23.7 Å². The van der Waals surface area contributed by atoms with E-state index in [1.165, 1.54) is 11.1 Å². The first-order chi connectivity index (χ1) is 17.0. The monoisotopic (exact) mass is 482 g/mol. The summed E-state index contributed by atoms with van der Waals surface area (Å²) < 4.78 is 8.38. The first-order valence-electron chi connectivity index (χ1n) is 13.3. The van der Waals surface area contributed by atoms with Crippen LogP contribution in [0.15, 0.2) is 91.1 Å². The van der Waals surface area contributed by atoms with Crippen molar-refractivity contribution in [2.75, 3.05) is 7.11 Å². The van der Waals surface area contributed by atoms with Gasteiger partial charge >= 0.3 is 0 Å². The normalized spacial score (nSPS) is 37.2. The Morgan fingerprint density at radius 2 is 1.43 bits per heavy atom. The van der Waals surface area contributed by atoms with Gasteiger partial charge in [-0.1, -0.05) is 99.0 Å². The van der Waals surface area contributed by atoms with Gasteiger partial charge in [0.05, 0.1) is 19.3 Å². The van der Waals surface area contributed by atoms with Crippen molar-refractivity contribution in [3.63, 3.8) is 0 Å². The number of nitrogens with one attached hydrogen (secondary N) is 1. The number of hydrogen-bond donors (Lipinski definition) is 1. The van der Waals surface area contributed by atoms with Crippen LogP contribution < -0.4 is 10.1 Å². The molecule has 1 saturated heterocycles. The summed E-state index contributed by atoms with van der Waals surface area (Å²) in [4.78, 5) is 0. The quantitative estimate of drug-likeness (QED) is 0.496. The molecule has 7 atom stereocenters. The Hall–Kier alpha value is -2.40. The Kier molecular flexibility index (Phi) is 5.87. The maximum Gasteiger partial charge on any atom is 0.129 e. The van der Waals surface area contributed by atoms with E-state index in [0.29, 0.717) is 47.5 Å². The lowest BCUT2D eigenvalue weighted by atomic mass is 9.83. The first kappa shape index (κ1) is 23.0. The zero-order valence-electron chi connectivity index (χ0n) is 21.3. The van der Waals surface area contributed by atoms with E-state index in [9.17, 15) is 0 Å². The van der Waals surface area contributed by atoms with Crippen LogP contribution in [0.5, 0.6) is 5.75 Å². The van der Waals surface area contributed by atoms with Crippen molar-refractivity contribution in [3.05, 3.63) is 96.7 Å². The van der Waals surface area contributed by atoms with Gasteiger partial charge in [-0.25, -0.2) is 0 Å². The highest BCUT2D eigenvalue weighted by atomic mass is 28.3.